The molecule has 0 unspecified atom stereocenters. The molecule has 2 aromatic heterocycles. The van der Waals surface area contributed by atoms with E-state index in [0.717, 1.165) is 12.8 Å². The number of imidazole rings is 1. The van der Waals surface area contributed by atoms with Crippen molar-refractivity contribution in [2.75, 3.05) is 50.2 Å². The summed E-state index contributed by atoms with van der Waals surface area (Å²) >= 11 is 7.17. The molecule has 2 aliphatic rings. The van der Waals surface area contributed by atoms with E-state index in [4.69, 9.17) is 16.3 Å². The number of morpholine rings is 1. The minimum Gasteiger partial charge on any atom is -0.378 e. The number of benzene rings is 1. The molecule has 5 rings (SSSR count). The van der Waals surface area contributed by atoms with Gasteiger partial charge in [-0.1, -0.05) is 23.9 Å². The fourth-order valence-electron chi connectivity index (χ4n) is 4.25. The Hall–Kier alpha value is -2.57. The Balaban J connectivity index is 1.50. The molecule has 4 heterocycles. The Bertz CT molecular complexity index is 1200. The van der Waals surface area contributed by atoms with E-state index in [0.29, 0.717) is 61.5 Å². The molecule has 35 heavy (non-hydrogen) atoms. The van der Waals surface area contributed by atoms with Gasteiger partial charge < -0.3 is 14.5 Å². The van der Waals surface area contributed by atoms with Gasteiger partial charge in [-0.2, -0.15) is 15.0 Å². The van der Waals surface area contributed by atoms with Crippen LogP contribution in [0.5, 0.6) is 0 Å². The average Bonchev–Trinajstić information content (AvgIpc) is 3.29. The van der Waals surface area contributed by atoms with Crippen molar-refractivity contribution < 1.29 is 18.3 Å². The van der Waals surface area contributed by atoms with E-state index in [1.807, 2.05) is 4.90 Å². The maximum absolute atomic E-state index is 14.0. The van der Waals surface area contributed by atoms with Crippen LogP contribution < -0.4 is 4.90 Å². The third-order valence-electron chi connectivity index (χ3n) is 6.05. The minimum absolute atomic E-state index is 0.0249. The second kappa shape index (κ2) is 10.6. The van der Waals surface area contributed by atoms with Crippen molar-refractivity contribution in [3.63, 3.8) is 0 Å². The minimum atomic E-state index is -2.80. The lowest BCUT2D eigenvalue weighted by atomic mass is 10.1. The zero-order valence-electron chi connectivity index (χ0n) is 18.8. The normalized spacial score (nSPS) is 17.5. The number of nitrogens with zero attached hydrogens (tertiary/aromatic N) is 7. The van der Waals surface area contributed by atoms with Crippen LogP contribution in [-0.4, -0.2) is 85.8 Å². The number of fused-ring (bicyclic) bond motifs is 1. The van der Waals surface area contributed by atoms with Crippen molar-refractivity contribution in [2.24, 2.45) is 0 Å². The summed E-state index contributed by atoms with van der Waals surface area (Å²) < 4.78 is 34.7. The number of alkyl halides is 3. The van der Waals surface area contributed by atoms with Crippen LogP contribution in [0.15, 0.2) is 29.4 Å². The highest BCUT2D eigenvalue weighted by molar-refractivity contribution is 7.99. The maximum atomic E-state index is 14.0. The van der Waals surface area contributed by atoms with Gasteiger partial charge in [0.1, 0.15) is 5.88 Å². The fourth-order valence-corrected chi connectivity index (χ4v) is 5.43. The molecule has 0 spiro atoms. The summed E-state index contributed by atoms with van der Waals surface area (Å²) in [5.41, 5.74) is 0.951. The van der Waals surface area contributed by atoms with E-state index < -0.39 is 12.2 Å². The van der Waals surface area contributed by atoms with Gasteiger partial charge in [0, 0.05) is 31.4 Å². The first-order valence-electron chi connectivity index (χ1n) is 11.4. The molecule has 0 atom stereocenters. The predicted molar refractivity (Wildman–Crippen MR) is 129 cm³/mol. The molecule has 0 N–H and O–H groups in total. The number of ether oxygens (including phenoxy) is 1. The lowest BCUT2D eigenvalue weighted by Gasteiger charge is -2.31. The number of hydrogen-bond acceptors (Lipinski definition) is 8. The van der Waals surface area contributed by atoms with E-state index in [-0.39, 0.29) is 23.0 Å². The summed E-state index contributed by atoms with van der Waals surface area (Å²) in [6.07, 6.45) is -1.28. The summed E-state index contributed by atoms with van der Waals surface area (Å²) in [5.74, 6) is 0.0345. The highest BCUT2D eigenvalue weighted by Crippen LogP contribution is 2.32. The van der Waals surface area contributed by atoms with Crippen LogP contribution in [0.25, 0.3) is 17.0 Å². The average molecular weight is 524 g/mol. The number of rotatable bonds is 6. The van der Waals surface area contributed by atoms with Crippen molar-refractivity contribution in [3.8, 4) is 5.95 Å². The summed E-state index contributed by atoms with van der Waals surface area (Å²) in [7, 11) is 0. The Morgan fingerprint density at radius 3 is 2.49 bits per heavy atom. The molecule has 1 aromatic carbocycles. The number of aromatic nitrogens is 5. The van der Waals surface area contributed by atoms with Gasteiger partial charge in [-0.25, -0.2) is 13.8 Å². The smallest absolute Gasteiger partial charge is 0.296 e. The molecule has 1 amide bonds. The van der Waals surface area contributed by atoms with Crippen LogP contribution in [0, 0.1) is 0 Å². The number of hydrogen-bond donors (Lipinski definition) is 0. The van der Waals surface area contributed by atoms with Crippen LogP contribution in [0.1, 0.15) is 25.1 Å². The standard InChI is InChI=1S/C22H24ClF2N7O2S/c23-13-17(33)30-7-5-14(6-8-30)35-22-28-20(31-9-11-34-12-10-31)27-21(29-22)32-16-4-2-1-3-15(16)26-19(32)18(24)25/h1-4,14,18H,5-13H2. The van der Waals surface area contributed by atoms with Gasteiger partial charge in [0.15, 0.2) is 11.0 Å². The van der Waals surface area contributed by atoms with Gasteiger partial charge >= 0.3 is 0 Å². The zero-order valence-corrected chi connectivity index (χ0v) is 20.4. The molecular formula is C22H24ClF2N7O2S. The Morgan fingerprint density at radius 2 is 1.77 bits per heavy atom. The lowest BCUT2D eigenvalue weighted by molar-refractivity contribution is -0.129. The number of halogens is 3. The molecule has 0 radical (unpaired) electrons. The fraction of sp³-hybridized carbons (Fsp3) is 0.500. The Labute approximate surface area is 209 Å². The predicted octanol–water partition coefficient (Wildman–Crippen LogP) is 3.31. The van der Waals surface area contributed by atoms with Crippen molar-refractivity contribution in [1.29, 1.82) is 0 Å². The number of amides is 1. The van der Waals surface area contributed by atoms with E-state index in [9.17, 15) is 13.6 Å². The van der Waals surface area contributed by atoms with Gasteiger partial charge in [0.05, 0.1) is 24.2 Å². The SMILES string of the molecule is O=C(CCl)N1CCC(Sc2nc(N3CCOCC3)nc(-n3c(C(F)F)nc4ccccc43)n2)CC1. The monoisotopic (exact) mass is 523 g/mol. The maximum Gasteiger partial charge on any atom is 0.296 e. The number of piperidine rings is 1. The topological polar surface area (TPSA) is 89.3 Å². The molecule has 2 aliphatic heterocycles. The number of likely N-dealkylation sites (tertiary alicyclic amines) is 1. The number of anilines is 1. The Morgan fingerprint density at radius 1 is 1.06 bits per heavy atom. The van der Waals surface area contributed by atoms with Gasteiger partial charge in [-0.3, -0.25) is 9.36 Å². The van der Waals surface area contributed by atoms with Crippen LogP contribution in [0.2, 0.25) is 0 Å². The van der Waals surface area contributed by atoms with Crippen molar-refractivity contribution in [2.45, 2.75) is 29.7 Å². The highest BCUT2D eigenvalue weighted by atomic mass is 35.5. The second-order valence-corrected chi connectivity index (χ2v) is 9.78. The van der Waals surface area contributed by atoms with Gasteiger partial charge in [0.2, 0.25) is 17.8 Å². The van der Waals surface area contributed by atoms with E-state index in [1.54, 1.807) is 29.2 Å². The van der Waals surface area contributed by atoms with Crippen LogP contribution >= 0.6 is 23.4 Å². The summed E-state index contributed by atoms with van der Waals surface area (Å²) in [6, 6.07) is 6.94. The van der Waals surface area contributed by atoms with Crippen molar-refractivity contribution >= 4 is 46.3 Å². The number of thioether (sulfide) groups is 1. The first-order valence-corrected chi connectivity index (χ1v) is 12.8. The third kappa shape index (κ3) is 5.19. The third-order valence-corrected chi connectivity index (χ3v) is 7.47. The van der Waals surface area contributed by atoms with Gasteiger partial charge in [-0.05, 0) is 25.0 Å². The molecule has 3 aromatic rings. The van der Waals surface area contributed by atoms with Gasteiger partial charge in [0.25, 0.3) is 6.43 Å². The number of para-hydroxylation sites is 2. The van der Waals surface area contributed by atoms with Crippen LogP contribution in [0.3, 0.4) is 0 Å². The summed E-state index contributed by atoms with van der Waals surface area (Å²) in [6.45, 7) is 3.48. The van der Waals surface area contributed by atoms with E-state index >= 15 is 0 Å². The quantitative estimate of drug-likeness (QED) is 0.455. The molecular weight excluding hydrogens is 500 g/mol. The number of carbonyl (C=O) groups is 1. The molecule has 0 saturated carbocycles. The van der Waals surface area contributed by atoms with E-state index in [2.05, 4.69) is 19.9 Å². The second-order valence-electron chi connectivity index (χ2n) is 8.24. The lowest BCUT2D eigenvalue weighted by Crippen LogP contribution is -2.40. The van der Waals surface area contributed by atoms with Crippen LogP contribution in [-0.2, 0) is 9.53 Å². The molecule has 0 bridgehead atoms. The zero-order chi connectivity index (χ0) is 24.4. The van der Waals surface area contributed by atoms with Crippen molar-refractivity contribution in [1.82, 2.24) is 29.4 Å². The Kier molecular flexibility index (Phi) is 7.30. The highest BCUT2D eigenvalue weighted by Gasteiger charge is 2.27. The van der Waals surface area contributed by atoms with Gasteiger partial charge in [-0.15, -0.1) is 11.6 Å². The molecule has 13 heteroatoms. The van der Waals surface area contributed by atoms with Crippen molar-refractivity contribution in [3.05, 3.63) is 30.1 Å². The number of carbonyl (C=O) groups excluding carboxylic acids is 1. The largest absolute Gasteiger partial charge is 0.378 e. The molecule has 0 aliphatic carbocycles. The van der Waals surface area contributed by atoms with E-state index in [1.165, 1.54) is 16.3 Å². The summed E-state index contributed by atoms with van der Waals surface area (Å²) in [4.78, 5) is 33.6. The molecule has 2 saturated heterocycles. The molecule has 2 fully saturated rings. The molecule has 9 nitrogen and oxygen atoms in total. The summed E-state index contributed by atoms with van der Waals surface area (Å²) in [5, 5.41) is 0.632. The van der Waals surface area contributed by atoms with Crippen LogP contribution in [0.4, 0.5) is 14.7 Å². The molecule has 186 valence electrons. The first-order chi connectivity index (χ1) is 17.0. The first kappa shape index (κ1) is 24.1.